The molecule has 2 aliphatic carbocycles. The summed E-state index contributed by atoms with van der Waals surface area (Å²) >= 11 is 0. The lowest BCUT2D eigenvalue weighted by molar-refractivity contribution is 0.0198. The van der Waals surface area contributed by atoms with Crippen LogP contribution in [-0.2, 0) is 5.60 Å². The minimum atomic E-state index is -0.567. The zero-order valence-electron chi connectivity index (χ0n) is 12.1. The largest absolute Gasteiger partial charge is 0.385 e. The van der Waals surface area contributed by atoms with Crippen LogP contribution < -0.4 is 0 Å². The molecular weight excluding hydrogens is 232 g/mol. The van der Waals surface area contributed by atoms with Crippen molar-refractivity contribution in [2.45, 2.75) is 69.8 Å². The highest BCUT2D eigenvalue weighted by atomic mass is 16.3. The van der Waals surface area contributed by atoms with Gasteiger partial charge in [0.25, 0.3) is 0 Å². The van der Waals surface area contributed by atoms with E-state index in [9.17, 15) is 5.11 Å². The summed E-state index contributed by atoms with van der Waals surface area (Å²) in [6.45, 7) is 2.31. The average Bonchev–Trinajstić information content (AvgIpc) is 2.51. The third kappa shape index (κ3) is 2.72. The van der Waals surface area contributed by atoms with E-state index in [-0.39, 0.29) is 0 Å². The molecule has 1 aromatic carbocycles. The fourth-order valence-electron chi connectivity index (χ4n) is 3.59. The van der Waals surface area contributed by atoms with Gasteiger partial charge in [0, 0.05) is 0 Å². The van der Waals surface area contributed by atoms with E-state index in [1.54, 1.807) is 0 Å². The summed E-state index contributed by atoms with van der Waals surface area (Å²) in [6.07, 6.45) is 9.51. The molecule has 2 aliphatic rings. The van der Waals surface area contributed by atoms with Crippen LogP contribution in [0, 0.1) is 5.92 Å². The first-order chi connectivity index (χ1) is 9.17. The Kier molecular flexibility index (Phi) is 3.66. The maximum Gasteiger partial charge on any atom is 0.0896 e. The van der Waals surface area contributed by atoms with Gasteiger partial charge in [0.05, 0.1) is 5.60 Å². The Bertz CT molecular complexity index is 418. The zero-order valence-corrected chi connectivity index (χ0v) is 12.1. The summed E-state index contributed by atoms with van der Waals surface area (Å²) in [7, 11) is 0. The van der Waals surface area contributed by atoms with E-state index in [4.69, 9.17) is 0 Å². The van der Waals surface area contributed by atoms with Crippen molar-refractivity contribution >= 4 is 0 Å². The highest BCUT2D eigenvalue weighted by Gasteiger charge is 2.31. The predicted octanol–water partition coefficient (Wildman–Crippen LogP) is 4.74. The highest BCUT2D eigenvalue weighted by Crippen LogP contribution is 2.40. The molecular formula is C18H26O. The molecule has 104 valence electrons. The Morgan fingerprint density at radius 3 is 2.32 bits per heavy atom. The van der Waals surface area contributed by atoms with Gasteiger partial charge < -0.3 is 5.11 Å². The van der Waals surface area contributed by atoms with Gasteiger partial charge in [-0.2, -0.15) is 0 Å². The van der Waals surface area contributed by atoms with Crippen molar-refractivity contribution in [3.8, 4) is 0 Å². The molecule has 1 heteroatoms. The Morgan fingerprint density at radius 1 is 0.947 bits per heavy atom. The van der Waals surface area contributed by atoms with Crippen LogP contribution in [0.15, 0.2) is 24.3 Å². The fourth-order valence-corrected chi connectivity index (χ4v) is 3.59. The minimum absolute atomic E-state index is 0.567. The minimum Gasteiger partial charge on any atom is -0.385 e. The van der Waals surface area contributed by atoms with E-state index in [2.05, 4.69) is 31.2 Å². The molecule has 3 rings (SSSR count). The van der Waals surface area contributed by atoms with Gasteiger partial charge in [-0.1, -0.05) is 44.0 Å². The molecule has 2 atom stereocenters. The third-order valence-corrected chi connectivity index (χ3v) is 5.36. The number of hydrogen-bond acceptors (Lipinski definition) is 1. The van der Waals surface area contributed by atoms with Gasteiger partial charge in [-0.05, 0) is 61.5 Å². The van der Waals surface area contributed by atoms with Crippen molar-refractivity contribution in [2.75, 3.05) is 0 Å². The molecule has 2 unspecified atom stereocenters. The Morgan fingerprint density at radius 2 is 1.68 bits per heavy atom. The molecule has 0 radical (unpaired) electrons. The number of hydrogen-bond donors (Lipinski definition) is 1. The first-order valence-electron chi connectivity index (χ1n) is 8.00. The molecule has 1 N–H and O–H groups in total. The van der Waals surface area contributed by atoms with Gasteiger partial charge >= 0.3 is 0 Å². The van der Waals surface area contributed by atoms with Crippen molar-refractivity contribution in [3.63, 3.8) is 0 Å². The Labute approximate surface area is 117 Å². The average molecular weight is 258 g/mol. The number of aliphatic hydroxyl groups is 1. The SMILES string of the molecule is CC1CCCC(O)(c2ccc(C3CCC3)cc2)CC1. The molecule has 1 aromatic rings. The normalized spacial score (nSPS) is 32.6. The van der Waals surface area contributed by atoms with Crippen molar-refractivity contribution in [1.82, 2.24) is 0 Å². The number of benzene rings is 1. The van der Waals surface area contributed by atoms with Gasteiger partial charge in [0.2, 0.25) is 0 Å². The predicted molar refractivity (Wildman–Crippen MR) is 79.2 cm³/mol. The van der Waals surface area contributed by atoms with Crippen LogP contribution in [0.1, 0.15) is 75.3 Å². The molecule has 0 bridgehead atoms. The standard InChI is InChI=1S/C18H26O/c1-14-4-3-12-18(19,13-11-14)17-9-7-16(8-10-17)15-5-2-6-15/h7-10,14-15,19H,2-6,11-13H2,1H3. The van der Waals surface area contributed by atoms with Crippen LogP contribution in [0.25, 0.3) is 0 Å². The zero-order chi connectivity index (χ0) is 13.3. The van der Waals surface area contributed by atoms with E-state index in [0.717, 1.165) is 43.1 Å². The summed E-state index contributed by atoms with van der Waals surface area (Å²) in [4.78, 5) is 0. The van der Waals surface area contributed by atoms with E-state index < -0.39 is 5.60 Å². The molecule has 0 amide bonds. The van der Waals surface area contributed by atoms with Crippen LogP contribution >= 0.6 is 0 Å². The van der Waals surface area contributed by atoms with Crippen molar-refractivity contribution < 1.29 is 5.11 Å². The molecule has 2 saturated carbocycles. The van der Waals surface area contributed by atoms with Crippen LogP contribution in [0.3, 0.4) is 0 Å². The molecule has 0 heterocycles. The van der Waals surface area contributed by atoms with Gasteiger partial charge in [0.1, 0.15) is 0 Å². The smallest absolute Gasteiger partial charge is 0.0896 e. The van der Waals surface area contributed by atoms with Gasteiger partial charge in [0.15, 0.2) is 0 Å². The molecule has 1 nitrogen and oxygen atoms in total. The second kappa shape index (κ2) is 5.28. The molecule has 19 heavy (non-hydrogen) atoms. The van der Waals surface area contributed by atoms with E-state index in [0.29, 0.717) is 0 Å². The van der Waals surface area contributed by atoms with Gasteiger partial charge in [-0.25, -0.2) is 0 Å². The first kappa shape index (κ1) is 13.2. The molecule has 2 fully saturated rings. The lowest BCUT2D eigenvalue weighted by Crippen LogP contribution is -2.24. The summed E-state index contributed by atoms with van der Waals surface area (Å²) in [5.41, 5.74) is 2.05. The summed E-state index contributed by atoms with van der Waals surface area (Å²) < 4.78 is 0. The first-order valence-corrected chi connectivity index (χ1v) is 8.00. The molecule has 0 spiro atoms. The van der Waals surface area contributed by atoms with Crippen LogP contribution in [0.5, 0.6) is 0 Å². The summed E-state index contributed by atoms with van der Waals surface area (Å²) in [5, 5.41) is 10.9. The molecule has 0 aliphatic heterocycles. The van der Waals surface area contributed by atoms with E-state index >= 15 is 0 Å². The highest BCUT2D eigenvalue weighted by molar-refractivity contribution is 5.30. The quantitative estimate of drug-likeness (QED) is 0.759. The topological polar surface area (TPSA) is 20.2 Å². The van der Waals surface area contributed by atoms with E-state index in [1.165, 1.54) is 31.2 Å². The number of rotatable bonds is 2. The summed E-state index contributed by atoms with van der Waals surface area (Å²) in [6, 6.07) is 8.88. The van der Waals surface area contributed by atoms with Gasteiger partial charge in [-0.3, -0.25) is 0 Å². The van der Waals surface area contributed by atoms with Crippen molar-refractivity contribution in [3.05, 3.63) is 35.4 Å². The van der Waals surface area contributed by atoms with Crippen molar-refractivity contribution in [1.29, 1.82) is 0 Å². The van der Waals surface area contributed by atoms with Crippen LogP contribution in [0.2, 0.25) is 0 Å². The van der Waals surface area contributed by atoms with E-state index in [1.807, 2.05) is 0 Å². The summed E-state index contributed by atoms with van der Waals surface area (Å²) in [5.74, 6) is 1.56. The third-order valence-electron chi connectivity index (χ3n) is 5.36. The maximum atomic E-state index is 10.9. The van der Waals surface area contributed by atoms with Crippen LogP contribution in [0.4, 0.5) is 0 Å². The molecule has 0 aromatic heterocycles. The second-order valence-electron chi connectivity index (χ2n) is 6.82. The molecule has 0 saturated heterocycles. The maximum absolute atomic E-state index is 10.9. The Balaban J connectivity index is 1.76. The fraction of sp³-hybridized carbons (Fsp3) is 0.667. The Hall–Kier alpha value is -0.820. The lowest BCUT2D eigenvalue weighted by Gasteiger charge is -2.29. The second-order valence-corrected chi connectivity index (χ2v) is 6.82. The lowest BCUT2D eigenvalue weighted by atomic mass is 9.78. The monoisotopic (exact) mass is 258 g/mol. The van der Waals surface area contributed by atoms with Crippen LogP contribution in [-0.4, -0.2) is 5.11 Å². The van der Waals surface area contributed by atoms with Gasteiger partial charge in [-0.15, -0.1) is 0 Å². The van der Waals surface area contributed by atoms with Crippen molar-refractivity contribution in [2.24, 2.45) is 5.92 Å².